The lowest BCUT2D eigenvalue weighted by Crippen LogP contribution is -2.29. The summed E-state index contributed by atoms with van der Waals surface area (Å²) in [7, 11) is 1.52. The highest BCUT2D eigenvalue weighted by Crippen LogP contribution is 2.31. The zero-order valence-corrected chi connectivity index (χ0v) is 14.7. The number of nitrogens with zero attached hydrogens (tertiary/aromatic N) is 2. The molecular weight excluding hydrogens is 326 g/mol. The normalized spacial score (nSPS) is 20.6. The fourth-order valence-corrected chi connectivity index (χ4v) is 3.05. The summed E-state index contributed by atoms with van der Waals surface area (Å²) in [5.74, 6) is 0.646. The number of aryl methyl sites for hydroxylation is 1. The molecule has 1 saturated heterocycles. The highest BCUT2D eigenvalue weighted by atomic mass is 35.5. The zero-order valence-electron chi connectivity index (χ0n) is 14.0. The van der Waals surface area contributed by atoms with Crippen LogP contribution in [0.4, 0.5) is 5.82 Å². The van der Waals surface area contributed by atoms with Crippen LogP contribution in [-0.4, -0.2) is 29.7 Å². The first kappa shape index (κ1) is 17.0. The Morgan fingerprint density at radius 3 is 2.79 bits per heavy atom. The maximum atomic E-state index is 6.25. The SMILES string of the molecule is COc1nc(Cl)cc(NC[C@H]2CCC[C@@H](c3ccc(C)cc3)O2)n1. The highest BCUT2D eigenvalue weighted by molar-refractivity contribution is 6.29. The first-order chi connectivity index (χ1) is 11.6. The molecule has 0 spiro atoms. The summed E-state index contributed by atoms with van der Waals surface area (Å²) in [6.07, 6.45) is 3.55. The molecule has 1 aliphatic rings. The van der Waals surface area contributed by atoms with E-state index >= 15 is 0 Å². The third-order valence-corrected chi connectivity index (χ3v) is 4.36. The number of hydrogen-bond acceptors (Lipinski definition) is 5. The van der Waals surface area contributed by atoms with Crippen molar-refractivity contribution in [3.05, 3.63) is 46.6 Å². The Hall–Kier alpha value is -1.85. The van der Waals surface area contributed by atoms with Gasteiger partial charge in [0.25, 0.3) is 0 Å². The Morgan fingerprint density at radius 1 is 1.25 bits per heavy atom. The molecule has 1 fully saturated rings. The molecule has 1 N–H and O–H groups in total. The number of aromatic nitrogens is 2. The molecule has 0 radical (unpaired) electrons. The van der Waals surface area contributed by atoms with Crippen molar-refractivity contribution in [2.45, 2.75) is 38.4 Å². The summed E-state index contributed by atoms with van der Waals surface area (Å²) in [6.45, 7) is 2.78. The maximum absolute atomic E-state index is 6.25. The van der Waals surface area contributed by atoms with E-state index in [1.807, 2.05) is 0 Å². The van der Waals surface area contributed by atoms with Gasteiger partial charge in [-0.3, -0.25) is 0 Å². The average Bonchev–Trinajstić information content (AvgIpc) is 2.60. The van der Waals surface area contributed by atoms with Crippen molar-refractivity contribution in [2.24, 2.45) is 0 Å². The molecule has 2 heterocycles. The van der Waals surface area contributed by atoms with Crippen molar-refractivity contribution in [1.29, 1.82) is 0 Å². The second kappa shape index (κ2) is 7.81. The Morgan fingerprint density at radius 2 is 2.04 bits per heavy atom. The fraction of sp³-hybridized carbons (Fsp3) is 0.444. The lowest BCUT2D eigenvalue weighted by atomic mass is 9.97. The van der Waals surface area contributed by atoms with Crippen LogP contribution in [-0.2, 0) is 4.74 Å². The Bertz CT molecular complexity index is 678. The van der Waals surface area contributed by atoms with Gasteiger partial charge in [-0.25, -0.2) is 0 Å². The lowest BCUT2D eigenvalue weighted by molar-refractivity contribution is -0.0442. The molecule has 1 aromatic heterocycles. The third kappa shape index (κ3) is 4.36. The van der Waals surface area contributed by atoms with Gasteiger partial charge in [0, 0.05) is 12.6 Å². The second-order valence-electron chi connectivity index (χ2n) is 6.03. The van der Waals surface area contributed by atoms with Crippen LogP contribution in [0.15, 0.2) is 30.3 Å². The number of ether oxygens (including phenoxy) is 2. The number of methoxy groups -OCH3 is 1. The highest BCUT2D eigenvalue weighted by Gasteiger charge is 2.23. The van der Waals surface area contributed by atoms with Gasteiger partial charge in [-0.2, -0.15) is 9.97 Å². The number of nitrogens with one attached hydrogen (secondary N) is 1. The smallest absolute Gasteiger partial charge is 0.319 e. The summed E-state index contributed by atoms with van der Waals surface area (Å²) in [6, 6.07) is 10.5. The number of hydrogen-bond donors (Lipinski definition) is 1. The summed E-state index contributed by atoms with van der Waals surface area (Å²) in [4.78, 5) is 8.21. The van der Waals surface area contributed by atoms with Gasteiger partial charge >= 0.3 is 6.01 Å². The molecule has 3 rings (SSSR count). The van der Waals surface area contributed by atoms with E-state index in [1.54, 1.807) is 6.07 Å². The van der Waals surface area contributed by atoms with Crippen LogP contribution >= 0.6 is 11.6 Å². The molecule has 1 aromatic carbocycles. The maximum Gasteiger partial charge on any atom is 0.319 e. The van der Waals surface area contributed by atoms with Crippen molar-refractivity contribution in [1.82, 2.24) is 9.97 Å². The van der Waals surface area contributed by atoms with Crippen LogP contribution in [0.1, 0.15) is 36.5 Å². The standard InChI is InChI=1S/C18H22ClN3O2/c1-12-6-8-13(9-7-12)15-5-3-4-14(24-15)11-20-17-10-16(19)21-18(22-17)23-2/h6-10,14-15H,3-5,11H2,1-2H3,(H,20,21,22)/t14-,15+/m1/s1. The van der Waals surface area contributed by atoms with Crippen LogP contribution in [0.25, 0.3) is 0 Å². The van der Waals surface area contributed by atoms with E-state index in [1.165, 1.54) is 18.2 Å². The zero-order chi connectivity index (χ0) is 16.9. The number of anilines is 1. The van der Waals surface area contributed by atoms with Crippen LogP contribution < -0.4 is 10.1 Å². The van der Waals surface area contributed by atoms with Gasteiger partial charge in [0.1, 0.15) is 11.0 Å². The van der Waals surface area contributed by atoms with Crippen LogP contribution in [0.3, 0.4) is 0 Å². The molecule has 6 heteroatoms. The summed E-state index contributed by atoms with van der Waals surface area (Å²) in [5, 5.41) is 3.62. The van der Waals surface area contributed by atoms with Gasteiger partial charge in [0.05, 0.1) is 19.3 Å². The van der Waals surface area contributed by atoms with E-state index in [2.05, 4.69) is 46.5 Å². The topological polar surface area (TPSA) is 56.3 Å². The predicted molar refractivity (Wildman–Crippen MR) is 94.7 cm³/mol. The molecule has 0 amide bonds. The Balaban J connectivity index is 1.59. The van der Waals surface area contributed by atoms with E-state index in [4.69, 9.17) is 21.1 Å². The second-order valence-corrected chi connectivity index (χ2v) is 6.42. The van der Waals surface area contributed by atoms with Gasteiger partial charge < -0.3 is 14.8 Å². The molecule has 2 aromatic rings. The van der Waals surface area contributed by atoms with Gasteiger partial charge in [-0.05, 0) is 31.7 Å². The van der Waals surface area contributed by atoms with Crippen molar-refractivity contribution < 1.29 is 9.47 Å². The molecule has 24 heavy (non-hydrogen) atoms. The van der Waals surface area contributed by atoms with Gasteiger partial charge in [-0.15, -0.1) is 0 Å². The number of benzene rings is 1. The molecule has 1 aliphatic heterocycles. The lowest BCUT2D eigenvalue weighted by Gasteiger charge is -2.30. The predicted octanol–water partition coefficient (Wildman–Crippen LogP) is 4.17. The third-order valence-electron chi connectivity index (χ3n) is 4.17. The van der Waals surface area contributed by atoms with Crippen molar-refractivity contribution >= 4 is 17.4 Å². The molecule has 2 atom stereocenters. The van der Waals surface area contributed by atoms with Gasteiger partial charge in [0.2, 0.25) is 0 Å². The Labute approximate surface area is 147 Å². The van der Waals surface area contributed by atoms with E-state index in [-0.39, 0.29) is 18.2 Å². The number of halogens is 1. The van der Waals surface area contributed by atoms with Crippen LogP contribution in [0, 0.1) is 6.92 Å². The largest absolute Gasteiger partial charge is 0.467 e. The van der Waals surface area contributed by atoms with Crippen LogP contribution in [0.2, 0.25) is 5.15 Å². The quantitative estimate of drug-likeness (QED) is 0.823. The van der Waals surface area contributed by atoms with Crippen LogP contribution in [0.5, 0.6) is 6.01 Å². The summed E-state index contributed by atoms with van der Waals surface area (Å²) in [5.41, 5.74) is 2.51. The minimum atomic E-state index is 0.143. The molecule has 5 nitrogen and oxygen atoms in total. The molecule has 128 valence electrons. The first-order valence-electron chi connectivity index (χ1n) is 8.18. The molecule has 0 saturated carbocycles. The molecule has 0 bridgehead atoms. The number of rotatable bonds is 5. The summed E-state index contributed by atoms with van der Waals surface area (Å²) < 4.78 is 11.3. The van der Waals surface area contributed by atoms with Crippen molar-refractivity contribution in [3.63, 3.8) is 0 Å². The fourth-order valence-electron chi connectivity index (χ4n) is 2.87. The first-order valence-corrected chi connectivity index (χ1v) is 8.56. The van der Waals surface area contributed by atoms with Crippen molar-refractivity contribution in [3.8, 4) is 6.01 Å². The van der Waals surface area contributed by atoms with Gasteiger partial charge in [-0.1, -0.05) is 41.4 Å². The monoisotopic (exact) mass is 347 g/mol. The molecule has 0 unspecified atom stereocenters. The minimum Gasteiger partial charge on any atom is -0.467 e. The van der Waals surface area contributed by atoms with Crippen molar-refractivity contribution in [2.75, 3.05) is 19.0 Å². The van der Waals surface area contributed by atoms with E-state index < -0.39 is 0 Å². The van der Waals surface area contributed by atoms with E-state index in [0.717, 1.165) is 19.3 Å². The molecular formula is C18H22ClN3O2. The van der Waals surface area contributed by atoms with Gasteiger partial charge in [0.15, 0.2) is 0 Å². The Kier molecular flexibility index (Phi) is 5.53. The average molecular weight is 348 g/mol. The van der Waals surface area contributed by atoms with E-state index in [0.29, 0.717) is 17.5 Å². The summed E-state index contributed by atoms with van der Waals surface area (Å²) >= 11 is 5.96. The minimum absolute atomic E-state index is 0.143. The molecule has 0 aliphatic carbocycles. The van der Waals surface area contributed by atoms with E-state index in [9.17, 15) is 0 Å².